The number of benzene rings is 1. The Morgan fingerprint density at radius 1 is 1.20 bits per heavy atom. The van der Waals surface area contributed by atoms with E-state index in [-0.39, 0.29) is 5.56 Å². The first-order chi connectivity index (χ1) is 9.58. The van der Waals surface area contributed by atoms with Gasteiger partial charge in [-0.05, 0) is 24.5 Å². The van der Waals surface area contributed by atoms with Crippen molar-refractivity contribution in [2.45, 2.75) is 38.5 Å². The smallest absolute Gasteiger partial charge is 0.251 e. The molecule has 0 saturated heterocycles. The van der Waals surface area contributed by atoms with Crippen molar-refractivity contribution in [1.82, 2.24) is 5.32 Å². The van der Waals surface area contributed by atoms with Gasteiger partial charge >= 0.3 is 0 Å². The van der Waals surface area contributed by atoms with Crippen LogP contribution >= 0.6 is 0 Å². The number of amides is 1. The lowest BCUT2D eigenvalue weighted by Gasteiger charge is -2.21. The molecule has 0 aliphatic heterocycles. The third kappa shape index (κ3) is 3.68. The summed E-state index contributed by atoms with van der Waals surface area (Å²) < 4.78 is 26.5. The summed E-state index contributed by atoms with van der Waals surface area (Å²) in [6.07, 6.45) is 7.15. The van der Waals surface area contributed by atoms with Gasteiger partial charge in [-0.15, -0.1) is 0 Å². The first kappa shape index (κ1) is 14.8. The minimum absolute atomic E-state index is 0.0298. The molecule has 110 valence electrons. The Labute approximate surface area is 117 Å². The number of halogens is 2. The molecule has 3 N–H and O–H groups in total. The molecule has 1 aliphatic carbocycles. The second-order valence-corrected chi connectivity index (χ2v) is 5.40. The van der Waals surface area contributed by atoms with Crippen molar-refractivity contribution in [3.05, 3.63) is 29.3 Å². The van der Waals surface area contributed by atoms with E-state index in [4.69, 9.17) is 5.73 Å². The molecule has 0 spiro atoms. The zero-order chi connectivity index (χ0) is 14.5. The number of nitrogens with one attached hydrogen (secondary N) is 1. The zero-order valence-electron chi connectivity index (χ0n) is 11.4. The Bertz CT molecular complexity index is 462. The molecule has 0 radical (unpaired) electrons. The summed E-state index contributed by atoms with van der Waals surface area (Å²) in [5.74, 6) is -1.60. The minimum atomic E-state index is -0.901. The highest BCUT2D eigenvalue weighted by Gasteiger charge is 2.15. The van der Waals surface area contributed by atoms with E-state index >= 15 is 0 Å². The van der Waals surface area contributed by atoms with E-state index in [0.717, 1.165) is 18.6 Å². The number of anilines is 1. The number of carbonyl (C=O) groups is 1. The van der Waals surface area contributed by atoms with Gasteiger partial charge in [0.1, 0.15) is 17.3 Å². The fraction of sp³-hybridized carbons (Fsp3) is 0.533. The topological polar surface area (TPSA) is 55.1 Å². The molecule has 2 rings (SSSR count). The maximum atomic E-state index is 13.3. The monoisotopic (exact) mass is 282 g/mol. The predicted molar refractivity (Wildman–Crippen MR) is 74.3 cm³/mol. The first-order valence-electron chi connectivity index (χ1n) is 7.10. The van der Waals surface area contributed by atoms with Crippen molar-refractivity contribution in [2.75, 3.05) is 12.3 Å². The summed E-state index contributed by atoms with van der Waals surface area (Å²) in [7, 11) is 0. The molecule has 20 heavy (non-hydrogen) atoms. The number of nitrogen functional groups attached to an aromatic ring is 1. The lowest BCUT2D eigenvalue weighted by molar-refractivity contribution is 0.0949. The van der Waals surface area contributed by atoms with Gasteiger partial charge < -0.3 is 11.1 Å². The second kappa shape index (κ2) is 6.68. The Balaban J connectivity index is 1.85. The number of hydrogen-bond acceptors (Lipinski definition) is 2. The van der Waals surface area contributed by atoms with Gasteiger partial charge in [0.15, 0.2) is 0 Å². The predicted octanol–water partition coefficient (Wildman–Crippen LogP) is 3.25. The van der Waals surface area contributed by atoms with Crippen LogP contribution in [0, 0.1) is 17.6 Å². The summed E-state index contributed by atoms with van der Waals surface area (Å²) >= 11 is 0. The summed E-state index contributed by atoms with van der Waals surface area (Å²) in [6.45, 7) is 0.539. The van der Waals surface area contributed by atoms with Gasteiger partial charge in [0, 0.05) is 12.1 Å². The van der Waals surface area contributed by atoms with Gasteiger partial charge in [-0.25, -0.2) is 8.78 Å². The third-order valence-electron chi connectivity index (χ3n) is 3.90. The lowest BCUT2D eigenvalue weighted by atomic mass is 9.87. The number of rotatable bonds is 4. The Morgan fingerprint density at radius 3 is 2.40 bits per heavy atom. The highest BCUT2D eigenvalue weighted by Crippen LogP contribution is 2.25. The Hall–Kier alpha value is -1.65. The van der Waals surface area contributed by atoms with Crippen molar-refractivity contribution in [1.29, 1.82) is 0 Å². The van der Waals surface area contributed by atoms with Gasteiger partial charge in [-0.3, -0.25) is 4.79 Å². The second-order valence-electron chi connectivity index (χ2n) is 5.40. The molecule has 1 amide bonds. The van der Waals surface area contributed by atoms with Crippen molar-refractivity contribution in [2.24, 2.45) is 5.92 Å². The average Bonchev–Trinajstić information content (AvgIpc) is 2.45. The Kier molecular flexibility index (Phi) is 4.93. The maximum absolute atomic E-state index is 13.3. The molecule has 0 heterocycles. The SMILES string of the molecule is Nc1c(F)cc(C(=O)NCCC2CCCCC2)cc1F. The molecular weight excluding hydrogens is 262 g/mol. The van der Waals surface area contributed by atoms with Gasteiger partial charge in [-0.1, -0.05) is 32.1 Å². The molecule has 3 nitrogen and oxygen atoms in total. The quantitative estimate of drug-likeness (QED) is 0.833. The van der Waals surface area contributed by atoms with Crippen LogP contribution in [0.3, 0.4) is 0 Å². The summed E-state index contributed by atoms with van der Waals surface area (Å²) in [6, 6.07) is 1.93. The lowest BCUT2D eigenvalue weighted by Crippen LogP contribution is -2.26. The van der Waals surface area contributed by atoms with Crippen molar-refractivity contribution < 1.29 is 13.6 Å². The molecule has 1 aromatic rings. The highest BCUT2D eigenvalue weighted by molar-refractivity contribution is 5.94. The van der Waals surface area contributed by atoms with Crippen molar-refractivity contribution in [3.63, 3.8) is 0 Å². The first-order valence-corrected chi connectivity index (χ1v) is 7.10. The molecule has 0 atom stereocenters. The van der Waals surface area contributed by atoms with Crippen LogP contribution in [0.1, 0.15) is 48.9 Å². The minimum Gasteiger partial charge on any atom is -0.394 e. The summed E-state index contributed by atoms with van der Waals surface area (Å²) in [5, 5.41) is 2.71. The number of nitrogens with two attached hydrogens (primary N) is 1. The van der Waals surface area contributed by atoms with Crippen LogP contribution in [-0.4, -0.2) is 12.5 Å². The highest BCUT2D eigenvalue weighted by atomic mass is 19.1. The fourth-order valence-corrected chi connectivity index (χ4v) is 2.68. The maximum Gasteiger partial charge on any atom is 0.251 e. The number of carbonyl (C=O) groups excluding carboxylic acids is 1. The van der Waals surface area contributed by atoms with E-state index in [0.29, 0.717) is 12.5 Å². The van der Waals surface area contributed by atoms with Crippen LogP contribution in [0.5, 0.6) is 0 Å². The van der Waals surface area contributed by atoms with E-state index in [1.165, 1.54) is 32.1 Å². The standard InChI is InChI=1S/C15H20F2N2O/c16-12-8-11(9-13(17)14(12)18)15(20)19-7-6-10-4-2-1-3-5-10/h8-10H,1-7,18H2,(H,19,20). The molecule has 1 fully saturated rings. The zero-order valence-corrected chi connectivity index (χ0v) is 11.4. The van der Waals surface area contributed by atoms with Gasteiger partial charge in [0.05, 0.1) is 0 Å². The molecule has 0 unspecified atom stereocenters. The molecule has 0 aromatic heterocycles. The van der Waals surface area contributed by atoms with E-state index < -0.39 is 23.2 Å². The van der Waals surface area contributed by atoms with E-state index in [2.05, 4.69) is 5.32 Å². The van der Waals surface area contributed by atoms with Crippen LogP contribution < -0.4 is 11.1 Å². The molecule has 1 aromatic carbocycles. The van der Waals surface area contributed by atoms with E-state index in [1.54, 1.807) is 0 Å². The normalized spacial score (nSPS) is 16.1. The van der Waals surface area contributed by atoms with Crippen molar-refractivity contribution in [3.8, 4) is 0 Å². The van der Waals surface area contributed by atoms with Gasteiger partial charge in [0.25, 0.3) is 5.91 Å². The van der Waals surface area contributed by atoms with Gasteiger partial charge in [0.2, 0.25) is 0 Å². The number of hydrogen-bond donors (Lipinski definition) is 2. The molecule has 1 aliphatic rings. The third-order valence-corrected chi connectivity index (χ3v) is 3.90. The summed E-state index contributed by atoms with van der Waals surface area (Å²) in [5.41, 5.74) is 4.58. The average molecular weight is 282 g/mol. The van der Waals surface area contributed by atoms with Crippen LogP contribution in [0.2, 0.25) is 0 Å². The van der Waals surface area contributed by atoms with Crippen LogP contribution in [-0.2, 0) is 0 Å². The molecule has 0 bridgehead atoms. The van der Waals surface area contributed by atoms with Crippen molar-refractivity contribution >= 4 is 11.6 Å². The molecular formula is C15H20F2N2O. The van der Waals surface area contributed by atoms with Crippen LogP contribution in [0.4, 0.5) is 14.5 Å². The molecule has 1 saturated carbocycles. The molecule has 5 heteroatoms. The Morgan fingerprint density at radius 2 is 1.80 bits per heavy atom. The largest absolute Gasteiger partial charge is 0.394 e. The van der Waals surface area contributed by atoms with Gasteiger partial charge in [-0.2, -0.15) is 0 Å². The van der Waals surface area contributed by atoms with E-state index in [1.807, 2.05) is 0 Å². The fourth-order valence-electron chi connectivity index (χ4n) is 2.68. The summed E-state index contributed by atoms with van der Waals surface area (Å²) in [4.78, 5) is 11.8. The van der Waals surface area contributed by atoms with Crippen LogP contribution in [0.15, 0.2) is 12.1 Å². The van der Waals surface area contributed by atoms with Crippen LogP contribution in [0.25, 0.3) is 0 Å². The van der Waals surface area contributed by atoms with E-state index in [9.17, 15) is 13.6 Å².